The molecule has 0 aliphatic heterocycles. The van der Waals surface area contributed by atoms with Crippen molar-refractivity contribution in [1.29, 1.82) is 0 Å². The van der Waals surface area contributed by atoms with Gasteiger partial charge in [-0.1, -0.05) is 18.2 Å². The largest absolute Gasteiger partial charge is 0.321 e. The average Bonchev–Trinajstić information content (AvgIpc) is 3.34. The lowest BCUT2D eigenvalue weighted by atomic mass is 10.2. The Hall–Kier alpha value is -2.96. The minimum absolute atomic E-state index is 0.251. The minimum Gasteiger partial charge on any atom is -0.321 e. The van der Waals surface area contributed by atoms with Crippen LogP contribution in [0.2, 0.25) is 0 Å². The molecule has 0 radical (unpaired) electrons. The van der Waals surface area contributed by atoms with Crippen LogP contribution in [0.5, 0.6) is 0 Å². The summed E-state index contributed by atoms with van der Waals surface area (Å²) in [6, 6.07) is 13.2. The van der Waals surface area contributed by atoms with E-state index in [2.05, 4.69) is 10.6 Å². The third-order valence-corrected chi connectivity index (χ3v) is 5.25. The highest BCUT2D eigenvalue weighted by molar-refractivity contribution is 7.11. The van der Waals surface area contributed by atoms with Gasteiger partial charge in [-0.3, -0.25) is 9.59 Å². The Kier molecular flexibility index (Phi) is 6.35. The summed E-state index contributed by atoms with van der Waals surface area (Å²) in [7, 11) is 0. The standard InChI is InChI=1S/C21H18N2O2S2/c1-15-6-9-18(22-20(24)10-7-16-4-2-12-26-16)19(14-15)23-21(25)11-8-17-5-3-13-27-17/h2-14H,1H3,(H,22,24)(H,23,25)/b10-7+,11-8+. The fourth-order valence-corrected chi connectivity index (χ4v) is 3.54. The van der Waals surface area contributed by atoms with Crippen LogP contribution in [0.1, 0.15) is 15.3 Å². The quantitative estimate of drug-likeness (QED) is 0.548. The average molecular weight is 395 g/mol. The highest BCUT2D eigenvalue weighted by atomic mass is 32.1. The first-order valence-electron chi connectivity index (χ1n) is 8.26. The van der Waals surface area contributed by atoms with E-state index in [1.807, 2.05) is 54.1 Å². The molecule has 1 aromatic carbocycles. The molecule has 0 unspecified atom stereocenters. The van der Waals surface area contributed by atoms with E-state index < -0.39 is 0 Å². The smallest absolute Gasteiger partial charge is 0.248 e. The van der Waals surface area contributed by atoms with Crippen molar-refractivity contribution < 1.29 is 9.59 Å². The molecule has 3 rings (SSSR count). The number of anilines is 2. The fourth-order valence-electron chi connectivity index (χ4n) is 2.31. The molecule has 2 N–H and O–H groups in total. The van der Waals surface area contributed by atoms with E-state index >= 15 is 0 Å². The number of carbonyl (C=O) groups is 2. The van der Waals surface area contributed by atoms with Crippen LogP contribution in [-0.2, 0) is 9.59 Å². The van der Waals surface area contributed by atoms with Crippen molar-refractivity contribution in [3.8, 4) is 0 Å². The van der Waals surface area contributed by atoms with Gasteiger partial charge in [-0.05, 0) is 59.7 Å². The van der Waals surface area contributed by atoms with E-state index in [-0.39, 0.29) is 11.8 Å². The van der Waals surface area contributed by atoms with Crippen LogP contribution in [0, 0.1) is 6.92 Å². The molecule has 27 heavy (non-hydrogen) atoms. The summed E-state index contributed by atoms with van der Waals surface area (Å²) in [6.45, 7) is 1.93. The number of carbonyl (C=O) groups excluding carboxylic acids is 2. The second kappa shape index (κ2) is 9.12. The minimum atomic E-state index is -0.253. The topological polar surface area (TPSA) is 58.2 Å². The van der Waals surface area contributed by atoms with Gasteiger partial charge in [0.25, 0.3) is 0 Å². The van der Waals surface area contributed by atoms with Crippen molar-refractivity contribution in [2.24, 2.45) is 0 Å². The molecule has 136 valence electrons. The summed E-state index contributed by atoms with van der Waals surface area (Å²) < 4.78 is 0. The van der Waals surface area contributed by atoms with Crippen molar-refractivity contribution in [3.05, 3.63) is 80.7 Å². The molecule has 0 aliphatic carbocycles. The molecule has 6 heteroatoms. The Balaban J connectivity index is 1.69. The summed E-state index contributed by atoms with van der Waals surface area (Å²) in [5, 5.41) is 9.56. The van der Waals surface area contributed by atoms with Crippen LogP contribution in [0.4, 0.5) is 11.4 Å². The maximum Gasteiger partial charge on any atom is 0.248 e. The number of rotatable bonds is 6. The van der Waals surface area contributed by atoms with Gasteiger partial charge in [-0.2, -0.15) is 0 Å². The number of benzene rings is 1. The summed E-state index contributed by atoms with van der Waals surface area (Å²) in [5.41, 5.74) is 2.10. The molecule has 2 amide bonds. The van der Waals surface area contributed by atoms with Crippen molar-refractivity contribution in [2.75, 3.05) is 10.6 Å². The van der Waals surface area contributed by atoms with E-state index in [1.165, 1.54) is 12.2 Å². The van der Waals surface area contributed by atoms with Crippen LogP contribution >= 0.6 is 22.7 Å². The van der Waals surface area contributed by atoms with Crippen LogP contribution in [-0.4, -0.2) is 11.8 Å². The van der Waals surface area contributed by atoms with E-state index in [9.17, 15) is 9.59 Å². The van der Waals surface area contributed by atoms with Gasteiger partial charge >= 0.3 is 0 Å². The predicted octanol–water partition coefficient (Wildman–Crippen LogP) is 5.42. The molecule has 0 bridgehead atoms. The van der Waals surface area contributed by atoms with Gasteiger partial charge in [-0.15, -0.1) is 22.7 Å². The lowest BCUT2D eigenvalue weighted by Crippen LogP contribution is -2.13. The molecule has 2 heterocycles. The Bertz CT molecular complexity index is 972. The Morgan fingerprint density at radius 2 is 1.37 bits per heavy atom. The van der Waals surface area contributed by atoms with E-state index in [1.54, 1.807) is 40.9 Å². The zero-order valence-corrected chi connectivity index (χ0v) is 16.3. The molecular formula is C21H18N2O2S2. The van der Waals surface area contributed by atoms with Crippen LogP contribution in [0.3, 0.4) is 0 Å². The molecule has 0 saturated carbocycles. The van der Waals surface area contributed by atoms with Crippen LogP contribution in [0.15, 0.2) is 65.4 Å². The highest BCUT2D eigenvalue weighted by Gasteiger charge is 2.08. The SMILES string of the molecule is Cc1ccc(NC(=O)/C=C/c2cccs2)c(NC(=O)/C=C/c2cccs2)c1. The first-order valence-corrected chi connectivity index (χ1v) is 10.0. The number of aryl methyl sites for hydroxylation is 1. The molecule has 2 aromatic heterocycles. The molecule has 0 saturated heterocycles. The summed E-state index contributed by atoms with van der Waals surface area (Å²) in [6.07, 6.45) is 6.48. The van der Waals surface area contributed by atoms with E-state index in [0.29, 0.717) is 11.4 Å². The zero-order chi connectivity index (χ0) is 19.1. The Labute approximate surface area is 165 Å². The number of hydrogen-bond donors (Lipinski definition) is 2. The van der Waals surface area contributed by atoms with Crippen molar-refractivity contribution in [1.82, 2.24) is 0 Å². The lowest BCUT2D eigenvalue weighted by molar-refractivity contribution is -0.112. The molecule has 4 nitrogen and oxygen atoms in total. The second-order valence-corrected chi connectivity index (χ2v) is 7.68. The molecule has 0 aliphatic rings. The normalized spacial score (nSPS) is 11.1. The molecular weight excluding hydrogens is 376 g/mol. The van der Waals surface area contributed by atoms with Gasteiger partial charge in [0.1, 0.15) is 0 Å². The maximum atomic E-state index is 12.2. The van der Waals surface area contributed by atoms with Gasteiger partial charge in [0.05, 0.1) is 11.4 Å². The molecule has 0 spiro atoms. The van der Waals surface area contributed by atoms with E-state index in [4.69, 9.17) is 0 Å². The number of hydrogen-bond acceptors (Lipinski definition) is 4. The second-order valence-electron chi connectivity index (χ2n) is 5.73. The first-order chi connectivity index (χ1) is 13.1. The number of thiophene rings is 2. The maximum absolute atomic E-state index is 12.2. The Morgan fingerprint density at radius 1 is 0.815 bits per heavy atom. The summed E-state index contributed by atoms with van der Waals surface area (Å²) in [5.74, 6) is -0.504. The number of amides is 2. The van der Waals surface area contributed by atoms with Crippen molar-refractivity contribution in [2.45, 2.75) is 6.92 Å². The Morgan fingerprint density at radius 3 is 1.89 bits per heavy atom. The van der Waals surface area contributed by atoms with Gasteiger partial charge in [0.2, 0.25) is 11.8 Å². The monoisotopic (exact) mass is 394 g/mol. The van der Waals surface area contributed by atoms with Gasteiger partial charge < -0.3 is 10.6 Å². The third kappa shape index (κ3) is 5.77. The van der Waals surface area contributed by atoms with Gasteiger partial charge in [0, 0.05) is 21.9 Å². The van der Waals surface area contributed by atoms with Crippen LogP contribution < -0.4 is 10.6 Å². The summed E-state index contributed by atoms with van der Waals surface area (Å²) in [4.78, 5) is 26.4. The van der Waals surface area contributed by atoms with Gasteiger partial charge in [-0.25, -0.2) is 0 Å². The first kappa shape index (κ1) is 18.8. The predicted molar refractivity (Wildman–Crippen MR) is 115 cm³/mol. The number of nitrogens with one attached hydrogen (secondary N) is 2. The van der Waals surface area contributed by atoms with E-state index in [0.717, 1.165) is 15.3 Å². The zero-order valence-electron chi connectivity index (χ0n) is 14.6. The van der Waals surface area contributed by atoms with Gasteiger partial charge in [0.15, 0.2) is 0 Å². The fraction of sp³-hybridized carbons (Fsp3) is 0.0476. The molecule has 3 aromatic rings. The molecule has 0 atom stereocenters. The lowest BCUT2D eigenvalue weighted by Gasteiger charge is -2.11. The van der Waals surface area contributed by atoms with Crippen molar-refractivity contribution in [3.63, 3.8) is 0 Å². The van der Waals surface area contributed by atoms with Crippen molar-refractivity contribution >= 4 is 58.0 Å². The third-order valence-electron chi connectivity index (χ3n) is 3.58. The van der Waals surface area contributed by atoms with Crippen LogP contribution in [0.25, 0.3) is 12.2 Å². The highest BCUT2D eigenvalue weighted by Crippen LogP contribution is 2.23. The molecule has 0 fully saturated rings. The summed E-state index contributed by atoms with van der Waals surface area (Å²) >= 11 is 3.12.